The molecule has 0 unspecified atom stereocenters. The first-order valence-electron chi connectivity index (χ1n) is 6.75. The first-order chi connectivity index (χ1) is 10.6. The van der Waals surface area contributed by atoms with Crippen LogP contribution < -0.4 is 0 Å². The molecule has 4 heteroatoms. The normalized spacial score (nSPS) is 10.8. The highest BCUT2D eigenvalue weighted by atomic mass is 32.2. The van der Waals surface area contributed by atoms with Crippen molar-refractivity contribution in [3.8, 4) is 17.2 Å². The van der Waals surface area contributed by atoms with Gasteiger partial charge in [-0.3, -0.25) is 0 Å². The molecule has 0 amide bonds. The van der Waals surface area contributed by atoms with Crippen molar-refractivity contribution in [1.82, 2.24) is 0 Å². The molecule has 3 rings (SSSR count). The predicted molar refractivity (Wildman–Crippen MR) is 86.5 cm³/mol. The lowest BCUT2D eigenvalue weighted by atomic mass is 10.3. The molecule has 3 aromatic carbocycles. The van der Waals surface area contributed by atoms with Gasteiger partial charge >= 0.3 is 0 Å². The predicted octanol–water partition coefficient (Wildman–Crippen LogP) is 3.90. The highest BCUT2D eigenvalue weighted by molar-refractivity contribution is 7.97. The Hall–Kier alpha value is -2.59. The molecule has 22 heavy (non-hydrogen) atoms. The fourth-order valence-corrected chi connectivity index (χ4v) is 4.20. The highest BCUT2D eigenvalue weighted by Gasteiger charge is 2.28. The van der Waals surface area contributed by atoms with Crippen molar-refractivity contribution in [2.75, 3.05) is 0 Å². The number of hydrogen-bond acceptors (Lipinski definition) is 3. The van der Waals surface area contributed by atoms with E-state index in [1.54, 1.807) is 36.4 Å². The molecule has 0 aliphatic heterocycles. The second-order valence-electron chi connectivity index (χ2n) is 4.79. The van der Waals surface area contributed by atoms with Crippen molar-refractivity contribution >= 4 is 10.9 Å². The van der Waals surface area contributed by atoms with E-state index in [0.717, 1.165) is 14.7 Å². The Morgan fingerprint density at radius 3 is 0.864 bits per heavy atom. The zero-order valence-electron chi connectivity index (χ0n) is 11.7. The first-order valence-corrected chi connectivity index (χ1v) is 7.97. The van der Waals surface area contributed by atoms with Crippen LogP contribution in [0.4, 0.5) is 0 Å². The quantitative estimate of drug-likeness (QED) is 0.643. The van der Waals surface area contributed by atoms with E-state index in [1.165, 1.54) is 0 Å². The van der Waals surface area contributed by atoms with Crippen LogP contribution >= 0.6 is 0 Å². The van der Waals surface area contributed by atoms with Crippen molar-refractivity contribution in [3.05, 3.63) is 72.8 Å². The van der Waals surface area contributed by atoms with Crippen LogP contribution in [-0.2, 0) is 10.9 Å². The molecule has 0 fully saturated rings. The van der Waals surface area contributed by atoms with Crippen molar-refractivity contribution in [3.63, 3.8) is 0 Å². The standard InChI is InChI=1S/C18H14O3S/c19-13-1-7-16(8-2-13)22(17-9-3-14(20)4-10-17)18-11-5-15(21)6-12-18/h1-12H,(H2-,19,20,21)/p+1. The fourth-order valence-electron chi connectivity index (χ4n) is 2.15. The van der Waals surface area contributed by atoms with Crippen molar-refractivity contribution in [2.45, 2.75) is 14.7 Å². The van der Waals surface area contributed by atoms with E-state index in [1.807, 2.05) is 36.4 Å². The number of benzene rings is 3. The molecule has 0 atom stereocenters. The van der Waals surface area contributed by atoms with Crippen LogP contribution in [0.25, 0.3) is 0 Å². The molecule has 0 spiro atoms. The zero-order chi connectivity index (χ0) is 15.5. The number of aromatic hydroxyl groups is 3. The molecule has 3 N–H and O–H groups in total. The van der Waals surface area contributed by atoms with Crippen LogP contribution in [0.3, 0.4) is 0 Å². The van der Waals surface area contributed by atoms with Gasteiger partial charge in [0.15, 0.2) is 14.7 Å². The molecule has 110 valence electrons. The van der Waals surface area contributed by atoms with Gasteiger partial charge in [0, 0.05) is 0 Å². The maximum Gasteiger partial charge on any atom is 0.166 e. The Balaban J connectivity index is 2.10. The van der Waals surface area contributed by atoms with E-state index in [4.69, 9.17) is 0 Å². The Labute approximate surface area is 131 Å². The van der Waals surface area contributed by atoms with Gasteiger partial charge in [-0.1, -0.05) is 0 Å². The molecule has 0 radical (unpaired) electrons. The van der Waals surface area contributed by atoms with Crippen molar-refractivity contribution in [2.24, 2.45) is 0 Å². The summed E-state index contributed by atoms with van der Waals surface area (Å²) in [5.74, 6) is 0.677. The van der Waals surface area contributed by atoms with Gasteiger partial charge in [0.25, 0.3) is 0 Å². The largest absolute Gasteiger partial charge is 0.508 e. The molecule has 0 bridgehead atoms. The maximum absolute atomic E-state index is 9.49. The van der Waals surface area contributed by atoms with Gasteiger partial charge in [0.05, 0.1) is 10.9 Å². The summed E-state index contributed by atoms with van der Waals surface area (Å²) in [5, 5.41) is 28.5. The highest BCUT2D eigenvalue weighted by Crippen LogP contribution is 2.33. The summed E-state index contributed by atoms with van der Waals surface area (Å²) in [7, 11) is -0.373. The lowest BCUT2D eigenvalue weighted by Crippen LogP contribution is -2.04. The Morgan fingerprint density at radius 1 is 0.409 bits per heavy atom. The fraction of sp³-hybridized carbons (Fsp3) is 0. The third-order valence-corrected chi connectivity index (χ3v) is 5.45. The van der Waals surface area contributed by atoms with Crippen LogP contribution in [0.1, 0.15) is 0 Å². The second-order valence-corrected chi connectivity index (χ2v) is 6.81. The summed E-state index contributed by atoms with van der Waals surface area (Å²) in [5.41, 5.74) is 0. The van der Waals surface area contributed by atoms with Gasteiger partial charge in [0.2, 0.25) is 0 Å². The topological polar surface area (TPSA) is 60.7 Å². The second kappa shape index (κ2) is 6.03. The molecule has 0 saturated heterocycles. The summed E-state index contributed by atoms with van der Waals surface area (Å²) in [6.07, 6.45) is 0. The van der Waals surface area contributed by atoms with Gasteiger partial charge in [-0.2, -0.15) is 0 Å². The third-order valence-electron chi connectivity index (χ3n) is 3.22. The van der Waals surface area contributed by atoms with Gasteiger partial charge < -0.3 is 15.3 Å². The van der Waals surface area contributed by atoms with E-state index in [9.17, 15) is 15.3 Å². The Morgan fingerprint density at radius 2 is 0.636 bits per heavy atom. The lowest BCUT2D eigenvalue weighted by molar-refractivity contribution is 0.474. The van der Waals surface area contributed by atoms with E-state index in [0.29, 0.717) is 0 Å². The maximum atomic E-state index is 9.49. The third kappa shape index (κ3) is 3.02. The van der Waals surface area contributed by atoms with E-state index < -0.39 is 0 Å². The molecule has 0 aromatic heterocycles. The molecular formula is C18H15O3S+. The van der Waals surface area contributed by atoms with Crippen LogP contribution in [0, 0.1) is 0 Å². The van der Waals surface area contributed by atoms with Crippen LogP contribution in [0.2, 0.25) is 0 Å². The SMILES string of the molecule is Oc1ccc([S+](c2ccc(O)cc2)c2ccc(O)cc2)cc1. The van der Waals surface area contributed by atoms with Crippen molar-refractivity contribution < 1.29 is 15.3 Å². The average molecular weight is 311 g/mol. The minimum atomic E-state index is -0.373. The van der Waals surface area contributed by atoms with Crippen LogP contribution in [-0.4, -0.2) is 15.3 Å². The van der Waals surface area contributed by atoms with E-state index in [-0.39, 0.29) is 28.1 Å². The summed E-state index contributed by atoms with van der Waals surface area (Å²) in [4.78, 5) is 3.15. The van der Waals surface area contributed by atoms with E-state index >= 15 is 0 Å². The van der Waals surface area contributed by atoms with Crippen molar-refractivity contribution in [1.29, 1.82) is 0 Å². The molecule has 0 saturated carbocycles. The van der Waals surface area contributed by atoms with Gasteiger partial charge in [-0.25, -0.2) is 0 Å². The summed E-state index contributed by atoms with van der Waals surface area (Å²) < 4.78 is 0. The van der Waals surface area contributed by atoms with Gasteiger partial charge in [-0.15, -0.1) is 0 Å². The molecule has 0 aliphatic rings. The van der Waals surface area contributed by atoms with Gasteiger partial charge in [0.1, 0.15) is 17.2 Å². The van der Waals surface area contributed by atoms with Crippen LogP contribution in [0.15, 0.2) is 87.5 Å². The summed E-state index contributed by atoms with van der Waals surface area (Å²) in [6.45, 7) is 0. The minimum Gasteiger partial charge on any atom is -0.508 e. The molecule has 0 aliphatic carbocycles. The number of rotatable bonds is 3. The smallest absolute Gasteiger partial charge is 0.166 e. The molecule has 0 heterocycles. The first kappa shape index (κ1) is 14.4. The lowest BCUT2D eigenvalue weighted by Gasteiger charge is -2.08. The number of hydrogen-bond donors (Lipinski definition) is 3. The van der Waals surface area contributed by atoms with Crippen LogP contribution in [0.5, 0.6) is 17.2 Å². The molecule has 3 aromatic rings. The summed E-state index contributed by atoms with van der Waals surface area (Å²) in [6, 6.07) is 21.3. The summed E-state index contributed by atoms with van der Waals surface area (Å²) >= 11 is 0. The zero-order valence-corrected chi connectivity index (χ0v) is 12.5. The van der Waals surface area contributed by atoms with Gasteiger partial charge in [-0.05, 0) is 72.8 Å². The molecule has 3 nitrogen and oxygen atoms in total. The molecular weight excluding hydrogens is 296 g/mol. The Bertz CT molecular complexity index is 642. The monoisotopic (exact) mass is 311 g/mol. The number of phenolic OH excluding ortho intramolecular Hbond substituents is 3. The van der Waals surface area contributed by atoms with E-state index in [2.05, 4.69) is 0 Å². The minimum absolute atomic E-state index is 0.226. The Kier molecular flexibility index (Phi) is 3.94. The number of phenols is 3. The average Bonchev–Trinajstić information content (AvgIpc) is 2.53.